The first-order valence-electron chi connectivity index (χ1n) is 6.82. The molecule has 4 nitrogen and oxygen atoms in total. The average molecular weight is 262 g/mol. The number of hydrogen-bond donors (Lipinski definition) is 2. The molecule has 0 aromatic heterocycles. The molecule has 0 saturated carbocycles. The fourth-order valence-corrected chi connectivity index (χ4v) is 2.58. The summed E-state index contributed by atoms with van der Waals surface area (Å²) in [5.74, 6) is -0.769. The molecule has 0 amide bonds. The third kappa shape index (κ3) is 3.78. The Bertz CT molecular complexity index is 448. The number of carboxylic acid groups (broad SMARTS) is 1. The van der Waals surface area contributed by atoms with E-state index in [9.17, 15) is 4.79 Å². The van der Waals surface area contributed by atoms with Gasteiger partial charge in [-0.3, -0.25) is 9.69 Å². The smallest absolute Gasteiger partial charge is 0.307 e. The molecule has 2 atom stereocenters. The lowest BCUT2D eigenvalue weighted by molar-refractivity contribution is -0.136. The van der Waals surface area contributed by atoms with Gasteiger partial charge in [-0.2, -0.15) is 0 Å². The summed E-state index contributed by atoms with van der Waals surface area (Å²) < 4.78 is 0. The lowest BCUT2D eigenvalue weighted by Crippen LogP contribution is -2.53. The number of nitrogens with one attached hydrogen (secondary N) is 1. The number of carboxylic acids is 1. The maximum Gasteiger partial charge on any atom is 0.307 e. The molecule has 1 fully saturated rings. The van der Waals surface area contributed by atoms with Crippen LogP contribution in [0, 0.1) is 0 Å². The summed E-state index contributed by atoms with van der Waals surface area (Å²) in [6.45, 7) is 7.21. The molecule has 1 saturated heterocycles. The third-order valence-electron chi connectivity index (χ3n) is 3.73. The van der Waals surface area contributed by atoms with Crippen molar-refractivity contribution in [2.45, 2.75) is 38.9 Å². The Hall–Kier alpha value is -1.39. The second-order valence-electron chi connectivity index (χ2n) is 5.43. The Morgan fingerprint density at radius 3 is 2.74 bits per heavy atom. The van der Waals surface area contributed by atoms with Crippen molar-refractivity contribution in [2.24, 2.45) is 0 Å². The fraction of sp³-hybridized carbons (Fsp3) is 0.533. The van der Waals surface area contributed by atoms with E-state index < -0.39 is 5.97 Å². The maximum absolute atomic E-state index is 10.9. The van der Waals surface area contributed by atoms with E-state index in [4.69, 9.17) is 5.11 Å². The van der Waals surface area contributed by atoms with Crippen LogP contribution in [-0.2, 0) is 17.8 Å². The van der Waals surface area contributed by atoms with Crippen LogP contribution < -0.4 is 5.32 Å². The van der Waals surface area contributed by atoms with E-state index in [1.807, 2.05) is 24.3 Å². The van der Waals surface area contributed by atoms with E-state index in [2.05, 4.69) is 24.1 Å². The number of hydrogen-bond acceptors (Lipinski definition) is 3. The average Bonchev–Trinajstić information content (AvgIpc) is 2.35. The van der Waals surface area contributed by atoms with E-state index >= 15 is 0 Å². The van der Waals surface area contributed by atoms with Gasteiger partial charge in [0.05, 0.1) is 6.42 Å². The summed E-state index contributed by atoms with van der Waals surface area (Å²) >= 11 is 0. The first-order chi connectivity index (χ1) is 9.06. The zero-order valence-electron chi connectivity index (χ0n) is 11.6. The molecule has 0 radical (unpaired) electrons. The monoisotopic (exact) mass is 262 g/mol. The van der Waals surface area contributed by atoms with Gasteiger partial charge in [-0.1, -0.05) is 24.3 Å². The molecule has 0 aliphatic carbocycles. The van der Waals surface area contributed by atoms with E-state index in [0.717, 1.165) is 30.8 Å². The van der Waals surface area contributed by atoms with Gasteiger partial charge in [-0.05, 0) is 25.0 Å². The van der Waals surface area contributed by atoms with Crippen molar-refractivity contribution in [3.8, 4) is 0 Å². The number of benzene rings is 1. The zero-order valence-corrected chi connectivity index (χ0v) is 11.6. The first-order valence-corrected chi connectivity index (χ1v) is 6.82. The molecule has 104 valence electrons. The standard InChI is InChI=1S/C15H22N2O2/c1-11-9-17(12(2)8-16-11)10-14-6-4-3-5-13(14)7-15(18)19/h3-6,11-12,16H,7-10H2,1-2H3,(H,18,19). The molecule has 1 aromatic rings. The first kappa shape index (κ1) is 14.0. The van der Waals surface area contributed by atoms with Gasteiger partial charge in [0, 0.05) is 31.7 Å². The summed E-state index contributed by atoms with van der Waals surface area (Å²) in [5.41, 5.74) is 2.05. The van der Waals surface area contributed by atoms with E-state index in [-0.39, 0.29) is 6.42 Å². The van der Waals surface area contributed by atoms with Crippen molar-refractivity contribution < 1.29 is 9.90 Å². The summed E-state index contributed by atoms with van der Waals surface area (Å²) in [6.07, 6.45) is 0.103. The Labute approximate surface area is 114 Å². The van der Waals surface area contributed by atoms with Gasteiger partial charge in [-0.25, -0.2) is 0 Å². The number of piperazine rings is 1. The summed E-state index contributed by atoms with van der Waals surface area (Å²) in [7, 11) is 0. The topological polar surface area (TPSA) is 52.6 Å². The molecule has 0 spiro atoms. The van der Waals surface area contributed by atoms with Crippen LogP contribution in [0.3, 0.4) is 0 Å². The maximum atomic E-state index is 10.9. The lowest BCUT2D eigenvalue weighted by atomic mass is 10.0. The van der Waals surface area contributed by atoms with Crippen molar-refractivity contribution in [2.75, 3.05) is 13.1 Å². The minimum atomic E-state index is -0.769. The Balaban J connectivity index is 2.11. The Morgan fingerprint density at radius 1 is 1.37 bits per heavy atom. The molecule has 2 rings (SSSR count). The zero-order chi connectivity index (χ0) is 13.8. The third-order valence-corrected chi connectivity index (χ3v) is 3.73. The highest BCUT2D eigenvalue weighted by Gasteiger charge is 2.22. The highest BCUT2D eigenvalue weighted by molar-refractivity contribution is 5.70. The molecule has 1 heterocycles. The molecular weight excluding hydrogens is 240 g/mol. The van der Waals surface area contributed by atoms with Crippen molar-refractivity contribution in [3.63, 3.8) is 0 Å². The lowest BCUT2D eigenvalue weighted by Gasteiger charge is -2.37. The molecule has 19 heavy (non-hydrogen) atoms. The summed E-state index contributed by atoms with van der Waals surface area (Å²) in [5, 5.41) is 12.4. The van der Waals surface area contributed by atoms with Crippen LogP contribution >= 0.6 is 0 Å². The molecular formula is C15H22N2O2. The predicted molar refractivity (Wildman–Crippen MR) is 75.1 cm³/mol. The van der Waals surface area contributed by atoms with Crippen molar-refractivity contribution >= 4 is 5.97 Å². The fourth-order valence-electron chi connectivity index (χ4n) is 2.58. The molecule has 2 N–H and O–H groups in total. The number of rotatable bonds is 4. The molecule has 1 aromatic carbocycles. The van der Waals surface area contributed by atoms with Crippen LogP contribution in [0.4, 0.5) is 0 Å². The molecule has 1 aliphatic heterocycles. The molecule has 4 heteroatoms. The highest BCUT2D eigenvalue weighted by Crippen LogP contribution is 2.16. The van der Waals surface area contributed by atoms with Crippen molar-refractivity contribution in [3.05, 3.63) is 35.4 Å². The second kappa shape index (κ2) is 6.17. The van der Waals surface area contributed by atoms with E-state index in [0.29, 0.717) is 12.1 Å². The SMILES string of the molecule is CC1CN(Cc2ccccc2CC(=O)O)C(C)CN1. The molecule has 2 unspecified atom stereocenters. The summed E-state index contributed by atoms with van der Waals surface area (Å²) in [4.78, 5) is 13.3. The van der Waals surface area contributed by atoms with Crippen molar-refractivity contribution in [1.29, 1.82) is 0 Å². The van der Waals surface area contributed by atoms with Gasteiger partial charge in [0.15, 0.2) is 0 Å². The minimum absolute atomic E-state index is 0.103. The molecule has 0 bridgehead atoms. The van der Waals surface area contributed by atoms with E-state index in [1.54, 1.807) is 0 Å². The van der Waals surface area contributed by atoms with Gasteiger partial charge in [0.25, 0.3) is 0 Å². The van der Waals surface area contributed by atoms with Crippen molar-refractivity contribution in [1.82, 2.24) is 10.2 Å². The number of aliphatic carboxylic acids is 1. The quantitative estimate of drug-likeness (QED) is 0.863. The van der Waals surface area contributed by atoms with Crippen LogP contribution in [-0.4, -0.2) is 41.1 Å². The Kier molecular flexibility index (Phi) is 4.56. The van der Waals surface area contributed by atoms with Crippen LogP contribution in [0.25, 0.3) is 0 Å². The minimum Gasteiger partial charge on any atom is -0.481 e. The van der Waals surface area contributed by atoms with E-state index in [1.165, 1.54) is 0 Å². The van der Waals surface area contributed by atoms with Crippen LogP contribution in [0.1, 0.15) is 25.0 Å². The van der Waals surface area contributed by atoms with Gasteiger partial charge >= 0.3 is 5.97 Å². The van der Waals surface area contributed by atoms with Gasteiger partial charge in [0.1, 0.15) is 0 Å². The van der Waals surface area contributed by atoms with Crippen LogP contribution in [0.5, 0.6) is 0 Å². The van der Waals surface area contributed by atoms with Gasteiger partial charge in [0.2, 0.25) is 0 Å². The van der Waals surface area contributed by atoms with Gasteiger partial charge < -0.3 is 10.4 Å². The highest BCUT2D eigenvalue weighted by atomic mass is 16.4. The van der Waals surface area contributed by atoms with Crippen LogP contribution in [0.2, 0.25) is 0 Å². The predicted octanol–water partition coefficient (Wildman–Crippen LogP) is 1.50. The largest absolute Gasteiger partial charge is 0.481 e. The van der Waals surface area contributed by atoms with Crippen LogP contribution in [0.15, 0.2) is 24.3 Å². The second-order valence-corrected chi connectivity index (χ2v) is 5.43. The summed E-state index contributed by atoms with van der Waals surface area (Å²) in [6, 6.07) is 8.82. The number of nitrogens with zero attached hydrogens (tertiary/aromatic N) is 1. The Morgan fingerprint density at radius 2 is 2.05 bits per heavy atom. The normalized spacial score (nSPS) is 24.3. The van der Waals surface area contributed by atoms with Gasteiger partial charge in [-0.15, -0.1) is 0 Å². The molecule has 1 aliphatic rings. The number of carbonyl (C=O) groups is 1.